The number of rotatable bonds is 8. The molecule has 0 unspecified atom stereocenters. The van der Waals surface area contributed by atoms with Gasteiger partial charge in [0.2, 0.25) is 0 Å². The van der Waals surface area contributed by atoms with Gasteiger partial charge in [0.15, 0.2) is 0 Å². The van der Waals surface area contributed by atoms with Gasteiger partial charge in [0.05, 0.1) is 23.2 Å². The van der Waals surface area contributed by atoms with Crippen molar-refractivity contribution < 1.29 is 24.0 Å². The zero-order chi connectivity index (χ0) is 24.5. The van der Waals surface area contributed by atoms with Crippen molar-refractivity contribution in [1.29, 1.82) is 0 Å². The molecule has 0 saturated heterocycles. The van der Waals surface area contributed by atoms with Gasteiger partial charge in [0.25, 0.3) is 17.5 Å². The SMILES string of the molecule is O=C(CNC(=O)c1ccc(Cl)cc1)NN=Cc1ccccc1OC(=O)c1ccc([N+](=O)[O-])cc1. The number of halogens is 1. The average molecular weight is 481 g/mol. The summed E-state index contributed by atoms with van der Waals surface area (Å²) in [5.41, 5.74) is 2.99. The van der Waals surface area contributed by atoms with Gasteiger partial charge in [-0.1, -0.05) is 23.7 Å². The number of benzene rings is 3. The first-order chi connectivity index (χ1) is 16.3. The van der Waals surface area contributed by atoms with Crippen molar-refractivity contribution in [3.8, 4) is 5.75 Å². The van der Waals surface area contributed by atoms with Gasteiger partial charge in [-0.05, 0) is 48.5 Å². The lowest BCUT2D eigenvalue weighted by Gasteiger charge is -2.07. The highest BCUT2D eigenvalue weighted by atomic mass is 35.5. The summed E-state index contributed by atoms with van der Waals surface area (Å²) in [4.78, 5) is 46.5. The first kappa shape index (κ1) is 24.1. The zero-order valence-corrected chi connectivity index (χ0v) is 18.2. The van der Waals surface area contributed by atoms with E-state index in [2.05, 4.69) is 15.8 Å². The van der Waals surface area contributed by atoms with Crippen LogP contribution in [0.5, 0.6) is 5.75 Å². The summed E-state index contributed by atoms with van der Waals surface area (Å²) in [7, 11) is 0. The van der Waals surface area contributed by atoms with Crippen LogP contribution in [-0.2, 0) is 4.79 Å². The highest BCUT2D eigenvalue weighted by Crippen LogP contribution is 2.19. The minimum Gasteiger partial charge on any atom is -0.422 e. The highest BCUT2D eigenvalue weighted by Gasteiger charge is 2.13. The number of ether oxygens (including phenoxy) is 1. The number of esters is 1. The van der Waals surface area contributed by atoms with Gasteiger partial charge in [-0.3, -0.25) is 19.7 Å². The molecule has 0 aliphatic carbocycles. The van der Waals surface area contributed by atoms with Crippen molar-refractivity contribution in [3.63, 3.8) is 0 Å². The Morgan fingerprint density at radius 1 is 0.971 bits per heavy atom. The largest absolute Gasteiger partial charge is 0.422 e. The third kappa shape index (κ3) is 6.71. The molecule has 0 aliphatic heterocycles. The summed E-state index contributed by atoms with van der Waals surface area (Å²) in [6.07, 6.45) is 1.28. The number of amides is 2. The van der Waals surface area contributed by atoms with Crippen LogP contribution < -0.4 is 15.5 Å². The van der Waals surface area contributed by atoms with Crippen molar-refractivity contribution in [1.82, 2.24) is 10.7 Å². The highest BCUT2D eigenvalue weighted by molar-refractivity contribution is 6.30. The lowest BCUT2D eigenvalue weighted by molar-refractivity contribution is -0.384. The van der Waals surface area contributed by atoms with Crippen LogP contribution in [0.3, 0.4) is 0 Å². The standard InChI is InChI=1S/C23H17ClN4O6/c24-18-9-5-15(6-10-18)22(30)25-14-21(29)27-26-13-17-3-1-2-4-20(17)34-23(31)16-7-11-19(12-8-16)28(32)33/h1-13H,14H2,(H,25,30)(H,27,29). The summed E-state index contributed by atoms with van der Waals surface area (Å²) in [5.74, 6) is -1.57. The molecule has 3 aromatic rings. The fourth-order valence-electron chi connectivity index (χ4n) is 2.64. The van der Waals surface area contributed by atoms with E-state index in [9.17, 15) is 24.5 Å². The van der Waals surface area contributed by atoms with Crippen molar-refractivity contribution in [3.05, 3.63) is 105 Å². The van der Waals surface area contributed by atoms with Crippen LogP contribution in [0.15, 0.2) is 77.9 Å². The minimum absolute atomic E-state index is 0.127. The van der Waals surface area contributed by atoms with E-state index in [0.717, 1.165) is 0 Å². The van der Waals surface area contributed by atoms with E-state index in [-0.39, 0.29) is 23.5 Å². The van der Waals surface area contributed by atoms with Gasteiger partial charge >= 0.3 is 5.97 Å². The number of non-ortho nitro benzene ring substituents is 1. The summed E-state index contributed by atoms with van der Waals surface area (Å²) >= 11 is 5.78. The van der Waals surface area contributed by atoms with Crippen molar-refractivity contribution in [2.24, 2.45) is 5.10 Å². The van der Waals surface area contributed by atoms with E-state index in [1.165, 1.54) is 48.7 Å². The van der Waals surface area contributed by atoms with E-state index in [4.69, 9.17) is 16.3 Å². The Balaban J connectivity index is 1.55. The molecule has 0 saturated carbocycles. The predicted molar refractivity (Wildman–Crippen MR) is 124 cm³/mol. The Kier molecular flexibility index (Phi) is 8.03. The van der Waals surface area contributed by atoms with Gasteiger partial charge in [-0.25, -0.2) is 10.2 Å². The Hall–Kier alpha value is -4.57. The normalized spacial score (nSPS) is 10.5. The molecular weight excluding hydrogens is 464 g/mol. The molecule has 11 heteroatoms. The smallest absolute Gasteiger partial charge is 0.343 e. The molecule has 0 radical (unpaired) electrons. The van der Waals surface area contributed by atoms with Gasteiger partial charge in [-0.2, -0.15) is 5.10 Å². The summed E-state index contributed by atoms with van der Waals surface area (Å²) in [5, 5.41) is 17.5. The maximum Gasteiger partial charge on any atom is 0.343 e. The first-order valence-electron chi connectivity index (χ1n) is 9.75. The number of hydrogen-bond acceptors (Lipinski definition) is 7. The number of nitrogens with zero attached hydrogens (tertiary/aromatic N) is 2. The quantitative estimate of drug-likeness (QED) is 0.166. The van der Waals surface area contributed by atoms with Crippen LogP contribution in [0, 0.1) is 10.1 Å². The lowest BCUT2D eigenvalue weighted by atomic mass is 10.2. The van der Waals surface area contributed by atoms with Crippen LogP contribution in [0.1, 0.15) is 26.3 Å². The van der Waals surface area contributed by atoms with Gasteiger partial charge in [-0.15, -0.1) is 0 Å². The molecule has 2 N–H and O–H groups in total. The molecule has 0 bridgehead atoms. The van der Waals surface area contributed by atoms with Gasteiger partial charge in [0, 0.05) is 28.3 Å². The zero-order valence-electron chi connectivity index (χ0n) is 17.4. The number of nitro benzene ring substituents is 1. The molecule has 3 rings (SSSR count). The Morgan fingerprint density at radius 3 is 2.29 bits per heavy atom. The molecule has 2 amide bonds. The average Bonchev–Trinajstić information content (AvgIpc) is 2.84. The van der Waals surface area contributed by atoms with Crippen LogP contribution in [0.25, 0.3) is 0 Å². The van der Waals surface area contributed by atoms with E-state index in [1.807, 2.05) is 0 Å². The molecule has 0 fully saturated rings. The Bertz CT molecular complexity index is 1240. The number of carbonyl (C=O) groups is 3. The van der Waals surface area contributed by atoms with E-state index < -0.39 is 22.7 Å². The first-order valence-corrected chi connectivity index (χ1v) is 10.1. The topological polar surface area (TPSA) is 140 Å². The maximum absolute atomic E-state index is 12.4. The molecule has 34 heavy (non-hydrogen) atoms. The summed E-state index contributed by atoms with van der Waals surface area (Å²) < 4.78 is 5.35. The molecule has 172 valence electrons. The Morgan fingerprint density at radius 2 is 1.62 bits per heavy atom. The summed E-state index contributed by atoms with van der Waals surface area (Å²) in [6, 6.07) is 17.6. The van der Waals surface area contributed by atoms with Crippen LogP contribution >= 0.6 is 11.6 Å². The molecular formula is C23H17ClN4O6. The second-order valence-electron chi connectivity index (χ2n) is 6.71. The Labute approximate surface area is 198 Å². The number of hydrogen-bond donors (Lipinski definition) is 2. The number of nitro groups is 1. The molecule has 3 aromatic carbocycles. The number of nitrogens with one attached hydrogen (secondary N) is 2. The lowest BCUT2D eigenvalue weighted by Crippen LogP contribution is -2.34. The summed E-state index contributed by atoms with van der Waals surface area (Å²) in [6.45, 7) is -0.310. The molecule has 0 aliphatic rings. The number of carbonyl (C=O) groups excluding carboxylic acids is 3. The third-order valence-electron chi connectivity index (χ3n) is 4.34. The third-order valence-corrected chi connectivity index (χ3v) is 4.60. The molecule has 0 aromatic heterocycles. The van der Waals surface area contributed by atoms with Crippen LogP contribution in [0.4, 0.5) is 5.69 Å². The van der Waals surface area contributed by atoms with Crippen molar-refractivity contribution >= 4 is 41.3 Å². The molecule has 0 atom stereocenters. The van der Waals surface area contributed by atoms with E-state index in [0.29, 0.717) is 16.1 Å². The molecule has 0 heterocycles. The molecule has 0 spiro atoms. The van der Waals surface area contributed by atoms with Crippen LogP contribution in [0.2, 0.25) is 5.02 Å². The van der Waals surface area contributed by atoms with Gasteiger partial charge in [0.1, 0.15) is 5.75 Å². The second-order valence-corrected chi connectivity index (χ2v) is 7.15. The minimum atomic E-state index is -0.718. The molecule has 10 nitrogen and oxygen atoms in total. The maximum atomic E-state index is 12.4. The number of hydrazone groups is 1. The monoisotopic (exact) mass is 480 g/mol. The van der Waals surface area contributed by atoms with Crippen molar-refractivity contribution in [2.75, 3.05) is 6.54 Å². The fourth-order valence-corrected chi connectivity index (χ4v) is 2.76. The fraction of sp³-hybridized carbons (Fsp3) is 0.0435. The van der Waals surface area contributed by atoms with Crippen LogP contribution in [-0.4, -0.2) is 35.5 Å². The van der Waals surface area contributed by atoms with E-state index in [1.54, 1.807) is 30.3 Å². The van der Waals surface area contributed by atoms with Crippen molar-refractivity contribution in [2.45, 2.75) is 0 Å². The van der Waals surface area contributed by atoms with E-state index >= 15 is 0 Å². The second kappa shape index (κ2) is 11.3. The number of para-hydroxylation sites is 1. The van der Waals surface area contributed by atoms with Gasteiger partial charge < -0.3 is 10.1 Å². The predicted octanol–water partition coefficient (Wildman–Crippen LogP) is 3.35.